The van der Waals surface area contributed by atoms with Crippen molar-refractivity contribution in [1.29, 1.82) is 0 Å². The fraction of sp³-hybridized carbons (Fsp3) is 0.476. The summed E-state index contributed by atoms with van der Waals surface area (Å²) in [6, 6.07) is 4.08. The minimum atomic E-state index is -1.22. The van der Waals surface area contributed by atoms with Crippen LogP contribution < -0.4 is 26.4 Å². The number of carbonyl (C=O) groups excluding carboxylic acids is 5. The van der Waals surface area contributed by atoms with Gasteiger partial charge in [0.05, 0.1) is 13.5 Å². The number of ether oxygens (including phenoxy) is 1. The molecule has 3 rings (SSSR count). The standard InChI is InChI=1S/C21H27N5O6/c1-32-13-5-2-4-12(10-13)23-20(30)16-6-3-9-26(16)21(31)15(11-17(22)27)25-19(29)14-7-8-18(28)24-14/h2,4-5,10,14-16H,3,6-9,11H2,1H3,(H2,22,27)(H,23,30)(H,24,28)(H,25,29). The summed E-state index contributed by atoms with van der Waals surface area (Å²) >= 11 is 0. The zero-order valence-corrected chi connectivity index (χ0v) is 17.8. The minimum absolute atomic E-state index is 0.213. The van der Waals surface area contributed by atoms with Gasteiger partial charge in [-0.15, -0.1) is 0 Å². The first-order chi connectivity index (χ1) is 15.3. The number of primary amides is 1. The second-order valence-electron chi connectivity index (χ2n) is 7.80. The Morgan fingerprint density at radius 3 is 2.69 bits per heavy atom. The molecule has 2 fully saturated rings. The van der Waals surface area contributed by atoms with Gasteiger partial charge in [0, 0.05) is 24.7 Å². The number of nitrogens with zero attached hydrogens (tertiary/aromatic N) is 1. The third-order valence-corrected chi connectivity index (χ3v) is 5.51. The van der Waals surface area contributed by atoms with Crippen molar-refractivity contribution in [3.8, 4) is 5.75 Å². The molecule has 2 aliphatic heterocycles. The lowest BCUT2D eigenvalue weighted by molar-refractivity contribution is -0.141. The molecule has 2 saturated heterocycles. The molecule has 0 radical (unpaired) electrons. The molecule has 0 spiro atoms. The first-order valence-electron chi connectivity index (χ1n) is 10.4. The van der Waals surface area contributed by atoms with E-state index < -0.39 is 42.3 Å². The van der Waals surface area contributed by atoms with Crippen LogP contribution in [0.25, 0.3) is 0 Å². The van der Waals surface area contributed by atoms with E-state index in [-0.39, 0.29) is 18.2 Å². The average molecular weight is 445 g/mol. The molecule has 32 heavy (non-hydrogen) atoms. The Morgan fingerprint density at radius 1 is 1.25 bits per heavy atom. The highest BCUT2D eigenvalue weighted by Crippen LogP contribution is 2.22. The van der Waals surface area contributed by atoms with Gasteiger partial charge in [0.2, 0.25) is 29.5 Å². The Labute approximate surface area is 185 Å². The highest BCUT2D eigenvalue weighted by molar-refractivity contribution is 6.00. The highest BCUT2D eigenvalue weighted by atomic mass is 16.5. The Bertz CT molecular complexity index is 920. The Hall–Kier alpha value is -3.63. The topological polar surface area (TPSA) is 160 Å². The molecular weight excluding hydrogens is 418 g/mol. The van der Waals surface area contributed by atoms with E-state index in [9.17, 15) is 24.0 Å². The van der Waals surface area contributed by atoms with Gasteiger partial charge >= 0.3 is 0 Å². The van der Waals surface area contributed by atoms with E-state index in [2.05, 4.69) is 16.0 Å². The van der Waals surface area contributed by atoms with Gasteiger partial charge in [-0.1, -0.05) is 6.07 Å². The number of methoxy groups -OCH3 is 1. The lowest BCUT2D eigenvalue weighted by atomic mass is 10.1. The predicted molar refractivity (Wildman–Crippen MR) is 113 cm³/mol. The number of rotatable bonds is 8. The van der Waals surface area contributed by atoms with Crippen molar-refractivity contribution in [2.45, 2.75) is 50.2 Å². The van der Waals surface area contributed by atoms with E-state index >= 15 is 0 Å². The van der Waals surface area contributed by atoms with E-state index in [0.29, 0.717) is 37.2 Å². The van der Waals surface area contributed by atoms with Crippen LogP contribution in [-0.2, 0) is 24.0 Å². The lowest BCUT2D eigenvalue weighted by Crippen LogP contribution is -2.56. The van der Waals surface area contributed by atoms with Crippen molar-refractivity contribution < 1.29 is 28.7 Å². The van der Waals surface area contributed by atoms with Gasteiger partial charge in [0.25, 0.3) is 0 Å². The van der Waals surface area contributed by atoms with E-state index in [1.165, 1.54) is 12.0 Å². The zero-order chi connectivity index (χ0) is 23.3. The number of nitrogens with two attached hydrogens (primary N) is 1. The molecule has 2 heterocycles. The molecular formula is C21H27N5O6. The molecule has 0 saturated carbocycles. The van der Waals surface area contributed by atoms with Crippen molar-refractivity contribution >= 4 is 35.2 Å². The van der Waals surface area contributed by atoms with Gasteiger partial charge < -0.3 is 31.3 Å². The van der Waals surface area contributed by atoms with Gasteiger partial charge in [0.1, 0.15) is 23.9 Å². The van der Waals surface area contributed by atoms with Gasteiger partial charge in [-0.25, -0.2) is 0 Å². The molecule has 0 aromatic heterocycles. The first kappa shape index (κ1) is 23.0. The van der Waals surface area contributed by atoms with Crippen molar-refractivity contribution in [1.82, 2.24) is 15.5 Å². The number of hydrogen-bond acceptors (Lipinski definition) is 6. The molecule has 11 nitrogen and oxygen atoms in total. The van der Waals surface area contributed by atoms with Gasteiger partial charge in [-0.3, -0.25) is 24.0 Å². The SMILES string of the molecule is COc1cccc(NC(=O)C2CCCN2C(=O)C(CC(N)=O)NC(=O)C2CCC(=O)N2)c1. The third kappa shape index (κ3) is 5.54. The van der Waals surface area contributed by atoms with Crippen LogP contribution in [-0.4, -0.2) is 66.2 Å². The third-order valence-electron chi connectivity index (χ3n) is 5.51. The minimum Gasteiger partial charge on any atom is -0.497 e. The number of carbonyl (C=O) groups is 5. The van der Waals surface area contributed by atoms with Crippen LogP contribution in [0.2, 0.25) is 0 Å². The van der Waals surface area contributed by atoms with Crippen molar-refractivity contribution in [3.05, 3.63) is 24.3 Å². The summed E-state index contributed by atoms with van der Waals surface area (Å²) in [4.78, 5) is 62.8. The maximum absolute atomic E-state index is 13.2. The fourth-order valence-corrected chi connectivity index (χ4v) is 3.91. The lowest BCUT2D eigenvalue weighted by Gasteiger charge is -2.29. The molecule has 3 unspecified atom stereocenters. The predicted octanol–water partition coefficient (Wildman–Crippen LogP) is -0.736. The van der Waals surface area contributed by atoms with Crippen molar-refractivity contribution in [2.24, 2.45) is 5.73 Å². The summed E-state index contributed by atoms with van der Waals surface area (Å²) in [5.41, 5.74) is 5.80. The Kier molecular flexibility index (Phi) is 7.29. The van der Waals surface area contributed by atoms with Crippen LogP contribution in [0.4, 0.5) is 5.69 Å². The van der Waals surface area contributed by atoms with Crippen LogP contribution in [0.5, 0.6) is 5.75 Å². The molecule has 172 valence electrons. The quantitative estimate of drug-likeness (QED) is 0.412. The Morgan fingerprint density at radius 2 is 2.03 bits per heavy atom. The largest absolute Gasteiger partial charge is 0.497 e. The maximum Gasteiger partial charge on any atom is 0.247 e. The van der Waals surface area contributed by atoms with E-state index in [1.54, 1.807) is 24.3 Å². The van der Waals surface area contributed by atoms with Crippen molar-refractivity contribution in [3.63, 3.8) is 0 Å². The molecule has 3 atom stereocenters. The van der Waals surface area contributed by atoms with E-state index in [0.717, 1.165) is 0 Å². The zero-order valence-electron chi connectivity index (χ0n) is 17.8. The first-order valence-corrected chi connectivity index (χ1v) is 10.4. The van der Waals surface area contributed by atoms with Gasteiger partial charge in [-0.05, 0) is 31.4 Å². The van der Waals surface area contributed by atoms with Gasteiger partial charge in [0.15, 0.2) is 0 Å². The average Bonchev–Trinajstić information content (AvgIpc) is 3.42. The van der Waals surface area contributed by atoms with Crippen LogP contribution in [0.1, 0.15) is 32.1 Å². The summed E-state index contributed by atoms with van der Waals surface area (Å²) in [7, 11) is 1.52. The summed E-state index contributed by atoms with van der Waals surface area (Å²) in [6.45, 7) is 0.306. The highest BCUT2D eigenvalue weighted by Gasteiger charge is 2.39. The molecule has 2 aliphatic rings. The monoisotopic (exact) mass is 445 g/mol. The summed E-state index contributed by atoms with van der Waals surface area (Å²) in [5, 5.41) is 7.81. The second kappa shape index (κ2) is 10.1. The fourth-order valence-electron chi connectivity index (χ4n) is 3.91. The number of amides is 5. The number of nitrogens with one attached hydrogen (secondary N) is 3. The summed E-state index contributed by atoms with van der Waals surface area (Å²) in [6.07, 6.45) is 1.14. The number of benzene rings is 1. The molecule has 0 aliphatic carbocycles. The molecule has 11 heteroatoms. The number of anilines is 1. The Balaban J connectivity index is 1.69. The van der Waals surface area contributed by atoms with Gasteiger partial charge in [-0.2, -0.15) is 0 Å². The van der Waals surface area contributed by atoms with Crippen LogP contribution in [0.3, 0.4) is 0 Å². The van der Waals surface area contributed by atoms with E-state index in [4.69, 9.17) is 10.5 Å². The molecule has 5 N–H and O–H groups in total. The van der Waals surface area contributed by atoms with Crippen molar-refractivity contribution in [2.75, 3.05) is 19.0 Å². The smallest absolute Gasteiger partial charge is 0.247 e. The number of hydrogen-bond donors (Lipinski definition) is 4. The van der Waals surface area contributed by atoms with Crippen LogP contribution in [0.15, 0.2) is 24.3 Å². The van der Waals surface area contributed by atoms with Crippen LogP contribution >= 0.6 is 0 Å². The maximum atomic E-state index is 13.2. The molecule has 5 amide bonds. The molecule has 1 aromatic carbocycles. The van der Waals surface area contributed by atoms with E-state index in [1.807, 2.05) is 0 Å². The summed E-state index contributed by atoms with van der Waals surface area (Å²) in [5.74, 6) is -1.95. The summed E-state index contributed by atoms with van der Waals surface area (Å²) < 4.78 is 5.15. The molecule has 1 aromatic rings. The molecule has 0 bridgehead atoms. The number of likely N-dealkylation sites (tertiary alicyclic amines) is 1. The normalized spacial score (nSPS) is 20.9. The van der Waals surface area contributed by atoms with Crippen LogP contribution in [0, 0.1) is 0 Å². The second-order valence-corrected chi connectivity index (χ2v) is 7.80.